The summed E-state index contributed by atoms with van der Waals surface area (Å²) in [6.07, 6.45) is 7.36. The lowest BCUT2D eigenvalue weighted by atomic mass is 9.75. The van der Waals surface area contributed by atoms with E-state index in [1.807, 2.05) is 7.05 Å². The maximum Gasteiger partial charge on any atom is 0.191 e. The first-order chi connectivity index (χ1) is 11.0. The summed E-state index contributed by atoms with van der Waals surface area (Å²) in [6, 6.07) is 0.568. The maximum atomic E-state index is 5.56. The van der Waals surface area contributed by atoms with Gasteiger partial charge in [-0.2, -0.15) is 11.8 Å². The molecule has 2 N–H and O–H groups in total. The number of halogens is 1. The predicted octanol–water partition coefficient (Wildman–Crippen LogP) is 4.04. The Morgan fingerprint density at radius 1 is 1.17 bits per heavy atom. The molecule has 0 aromatic rings. The maximum absolute atomic E-state index is 5.56. The number of nitrogens with zero attached hydrogens (tertiary/aromatic N) is 1. The van der Waals surface area contributed by atoms with E-state index < -0.39 is 0 Å². The molecule has 1 saturated heterocycles. The Morgan fingerprint density at radius 2 is 1.79 bits per heavy atom. The van der Waals surface area contributed by atoms with Crippen molar-refractivity contribution in [1.82, 2.24) is 10.6 Å². The summed E-state index contributed by atoms with van der Waals surface area (Å²) >= 11 is 2.07. The van der Waals surface area contributed by atoms with Gasteiger partial charge in [0.1, 0.15) is 0 Å². The smallest absolute Gasteiger partial charge is 0.191 e. The molecule has 0 aromatic carbocycles. The van der Waals surface area contributed by atoms with Crippen molar-refractivity contribution in [2.24, 2.45) is 10.4 Å². The Kier molecular flexibility index (Phi) is 9.74. The summed E-state index contributed by atoms with van der Waals surface area (Å²) < 4.78 is 5.86. The van der Waals surface area contributed by atoms with E-state index >= 15 is 0 Å². The molecule has 0 radical (unpaired) electrons. The van der Waals surface area contributed by atoms with Gasteiger partial charge in [0.2, 0.25) is 0 Å². The van der Waals surface area contributed by atoms with E-state index in [9.17, 15) is 0 Å². The SMILES string of the molecule is CCSC1(CNC(=NC)NC2CCC(C)(C)CC2)CCOCC1.I. The number of nitrogens with one attached hydrogen (secondary N) is 2. The highest BCUT2D eigenvalue weighted by Gasteiger charge is 2.33. The lowest BCUT2D eigenvalue weighted by molar-refractivity contribution is 0.0781. The van der Waals surface area contributed by atoms with Crippen LogP contribution in [0.2, 0.25) is 0 Å². The van der Waals surface area contributed by atoms with Crippen molar-refractivity contribution < 1.29 is 4.74 Å². The highest BCUT2D eigenvalue weighted by Crippen LogP contribution is 2.36. The van der Waals surface area contributed by atoms with Crippen LogP contribution in [0, 0.1) is 5.41 Å². The highest BCUT2D eigenvalue weighted by molar-refractivity contribution is 14.0. The van der Waals surface area contributed by atoms with Gasteiger partial charge < -0.3 is 15.4 Å². The van der Waals surface area contributed by atoms with Gasteiger partial charge in [0.15, 0.2) is 5.96 Å². The summed E-state index contributed by atoms with van der Waals surface area (Å²) in [6.45, 7) is 9.77. The molecule has 0 amide bonds. The van der Waals surface area contributed by atoms with Crippen molar-refractivity contribution in [3.05, 3.63) is 0 Å². The number of thioether (sulfide) groups is 1. The van der Waals surface area contributed by atoms with E-state index in [4.69, 9.17) is 4.74 Å². The molecule has 0 unspecified atom stereocenters. The van der Waals surface area contributed by atoms with E-state index in [-0.39, 0.29) is 24.0 Å². The molecular formula is C18H36IN3OS. The molecule has 2 rings (SSSR count). The second-order valence-electron chi connectivity index (χ2n) is 7.74. The first-order valence-corrected chi connectivity index (χ1v) is 10.2. The van der Waals surface area contributed by atoms with Gasteiger partial charge in [-0.05, 0) is 49.7 Å². The van der Waals surface area contributed by atoms with Gasteiger partial charge in [-0.15, -0.1) is 24.0 Å². The van der Waals surface area contributed by atoms with Crippen molar-refractivity contribution in [3.63, 3.8) is 0 Å². The van der Waals surface area contributed by atoms with E-state index in [0.717, 1.165) is 44.3 Å². The van der Waals surface area contributed by atoms with Crippen LogP contribution < -0.4 is 10.6 Å². The van der Waals surface area contributed by atoms with Gasteiger partial charge in [-0.25, -0.2) is 0 Å². The Morgan fingerprint density at radius 3 is 2.33 bits per heavy atom. The molecule has 0 spiro atoms. The molecule has 0 bridgehead atoms. The van der Waals surface area contributed by atoms with Gasteiger partial charge in [-0.1, -0.05) is 20.8 Å². The van der Waals surface area contributed by atoms with Crippen molar-refractivity contribution in [1.29, 1.82) is 0 Å². The summed E-state index contributed by atoms with van der Waals surface area (Å²) in [5.41, 5.74) is 0.513. The molecule has 6 heteroatoms. The van der Waals surface area contributed by atoms with Crippen molar-refractivity contribution in [3.8, 4) is 0 Å². The second kappa shape index (κ2) is 10.5. The summed E-state index contributed by atoms with van der Waals surface area (Å²) in [5.74, 6) is 2.13. The first kappa shape index (κ1) is 22.4. The predicted molar refractivity (Wildman–Crippen MR) is 117 cm³/mol. The monoisotopic (exact) mass is 469 g/mol. The third-order valence-corrected chi connectivity index (χ3v) is 6.79. The fourth-order valence-electron chi connectivity index (χ4n) is 3.60. The van der Waals surface area contributed by atoms with Gasteiger partial charge in [-0.3, -0.25) is 4.99 Å². The number of guanidine groups is 1. The topological polar surface area (TPSA) is 45.7 Å². The molecule has 0 atom stereocenters. The fraction of sp³-hybridized carbons (Fsp3) is 0.944. The Balaban J connectivity index is 0.00000288. The van der Waals surface area contributed by atoms with Crippen LogP contribution in [0.15, 0.2) is 4.99 Å². The standard InChI is InChI=1S/C18H35N3OS.HI/c1-5-23-18(10-12-22-13-11-18)14-20-16(19-4)21-15-6-8-17(2,3)9-7-15;/h15H,5-14H2,1-4H3,(H2,19,20,21);1H. The molecule has 2 fully saturated rings. The molecule has 1 aliphatic carbocycles. The van der Waals surface area contributed by atoms with Crippen molar-refractivity contribution in [2.45, 2.75) is 70.1 Å². The first-order valence-electron chi connectivity index (χ1n) is 9.17. The Bertz CT molecular complexity index is 382. The summed E-state index contributed by atoms with van der Waals surface area (Å²) in [4.78, 5) is 4.45. The van der Waals surface area contributed by atoms with Crippen LogP contribution in [0.4, 0.5) is 0 Å². The van der Waals surface area contributed by atoms with Crippen molar-refractivity contribution in [2.75, 3.05) is 32.6 Å². The molecule has 1 heterocycles. The zero-order valence-corrected chi connectivity index (χ0v) is 19.0. The third-order valence-electron chi connectivity index (χ3n) is 5.34. The van der Waals surface area contributed by atoms with Gasteiger partial charge in [0, 0.05) is 37.6 Å². The Hall–Kier alpha value is 0.310. The molecule has 1 saturated carbocycles. The van der Waals surface area contributed by atoms with E-state index in [1.165, 1.54) is 25.7 Å². The number of hydrogen-bond donors (Lipinski definition) is 2. The van der Waals surface area contributed by atoms with Crippen LogP contribution in [0.3, 0.4) is 0 Å². The minimum atomic E-state index is 0. The number of aliphatic imine (C=N–C) groups is 1. The molecule has 1 aliphatic heterocycles. The number of rotatable bonds is 5. The van der Waals surface area contributed by atoms with Crippen LogP contribution in [0.25, 0.3) is 0 Å². The quantitative estimate of drug-likeness (QED) is 0.363. The largest absolute Gasteiger partial charge is 0.381 e. The van der Waals surface area contributed by atoms with E-state index in [0.29, 0.717) is 16.2 Å². The molecule has 142 valence electrons. The number of hydrogen-bond acceptors (Lipinski definition) is 3. The van der Waals surface area contributed by atoms with Crippen LogP contribution in [0.5, 0.6) is 0 Å². The molecule has 24 heavy (non-hydrogen) atoms. The lowest BCUT2D eigenvalue weighted by Gasteiger charge is -2.38. The average molecular weight is 469 g/mol. The summed E-state index contributed by atoms with van der Waals surface area (Å²) in [7, 11) is 1.88. The normalized spacial score (nSPS) is 24.1. The average Bonchev–Trinajstić information content (AvgIpc) is 2.54. The van der Waals surface area contributed by atoms with Gasteiger partial charge in [0.05, 0.1) is 0 Å². The lowest BCUT2D eigenvalue weighted by Crippen LogP contribution is -2.51. The number of ether oxygens (including phenoxy) is 1. The Labute approximate surface area is 169 Å². The van der Waals surface area contributed by atoms with E-state index in [2.05, 4.69) is 48.2 Å². The molecular weight excluding hydrogens is 433 g/mol. The van der Waals surface area contributed by atoms with Gasteiger partial charge in [0.25, 0.3) is 0 Å². The van der Waals surface area contributed by atoms with Crippen LogP contribution in [0.1, 0.15) is 59.3 Å². The van der Waals surface area contributed by atoms with Crippen LogP contribution in [-0.2, 0) is 4.74 Å². The summed E-state index contributed by atoms with van der Waals surface area (Å²) in [5, 5.41) is 7.24. The zero-order valence-electron chi connectivity index (χ0n) is 15.8. The van der Waals surface area contributed by atoms with Crippen LogP contribution >= 0.6 is 35.7 Å². The highest BCUT2D eigenvalue weighted by atomic mass is 127. The van der Waals surface area contributed by atoms with E-state index in [1.54, 1.807) is 0 Å². The minimum absolute atomic E-state index is 0. The molecule has 0 aromatic heterocycles. The fourth-order valence-corrected chi connectivity index (χ4v) is 4.84. The minimum Gasteiger partial charge on any atom is -0.381 e. The zero-order chi connectivity index (χ0) is 16.8. The van der Waals surface area contributed by atoms with Crippen molar-refractivity contribution >= 4 is 41.7 Å². The second-order valence-corrected chi connectivity index (χ2v) is 9.47. The third kappa shape index (κ3) is 6.90. The molecule has 2 aliphatic rings. The van der Waals surface area contributed by atoms with Crippen LogP contribution in [-0.4, -0.2) is 49.3 Å². The molecule has 4 nitrogen and oxygen atoms in total. The van der Waals surface area contributed by atoms with Gasteiger partial charge >= 0.3 is 0 Å².